The highest BCUT2D eigenvalue weighted by Gasteiger charge is 2.43. The van der Waals surface area contributed by atoms with Crippen LogP contribution in [0.5, 0.6) is 0 Å². The fourth-order valence-corrected chi connectivity index (χ4v) is 3.49. The predicted octanol–water partition coefficient (Wildman–Crippen LogP) is 4.01. The van der Waals surface area contributed by atoms with Crippen LogP contribution >= 0.6 is 0 Å². The van der Waals surface area contributed by atoms with Crippen molar-refractivity contribution in [2.45, 2.75) is 38.9 Å². The van der Waals surface area contributed by atoms with Gasteiger partial charge >= 0.3 is 11.9 Å². The largest absolute Gasteiger partial charge is 0.469 e. The second kappa shape index (κ2) is 7.76. The molecule has 1 aromatic rings. The van der Waals surface area contributed by atoms with Gasteiger partial charge in [-0.15, -0.1) is 0 Å². The maximum absolute atomic E-state index is 12.6. The molecule has 0 unspecified atom stereocenters. The van der Waals surface area contributed by atoms with Crippen LogP contribution in [-0.2, 0) is 23.5 Å². The lowest BCUT2D eigenvalue weighted by Crippen LogP contribution is -2.45. The van der Waals surface area contributed by atoms with E-state index in [-0.39, 0.29) is 11.6 Å². The Morgan fingerprint density at radius 1 is 1.19 bits per heavy atom. The fraction of sp³-hybridized carbons (Fsp3) is 0.500. The minimum Gasteiger partial charge on any atom is -0.469 e. The van der Waals surface area contributed by atoms with E-state index in [0.717, 1.165) is 5.56 Å². The van der Waals surface area contributed by atoms with Gasteiger partial charge in [-0.1, -0.05) is 51.1 Å². The molecule has 26 heavy (non-hydrogen) atoms. The SMILES string of the molecule is COC(=O)[C@H]1C=C(c2ccccc2)OC(=O)[C@H]1CO[Si](C)(C)C(C)(C)C. The maximum atomic E-state index is 12.6. The molecular formula is C20H28O5Si. The zero-order valence-electron chi connectivity index (χ0n) is 16.4. The first-order valence-electron chi connectivity index (χ1n) is 8.77. The summed E-state index contributed by atoms with van der Waals surface area (Å²) in [5.74, 6) is -1.96. The molecule has 0 bridgehead atoms. The van der Waals surface area contributed by atoms with Crippen molar-refractivity contribution in [1.29, 1.82) is 0 Å². The smallest absolute Gasteiger partial charge is 0.317 e. The van der Waals surface area contributed by atoms with Gasteiger partial charge in [-0.05, 0) is 24.2 Å². The van der Waals surface area contributed by atoms with Crippen LogP contribution in [0.25, 0.3) is 5.76 Å². The number of esters is 2. The molecule has 0 saturated heterocycles. The maximum Gasteiger partial charge on any atom is 0.317 e. The van der Waals surface area contributed by atoms with Gasteiger partial charge in [0.15, 0.2) is 8.32 Å². The Hall–Kier alpha value is -1.92. The number of methoxy groups -OCH3 is 1. The molecule has 2 rings (SSSR count). The molecule has 0 spiro atoms. The van der Waals surface area contributed by atoms with E-state index in [4.69, 9.17) is 13.9 Å². The van der Waals surface area contributed by atoms with Crippen molar-refractivity contribution in [3.63, 3.8) is 0 Å². The van der Waals surface area contributed by atoms with E-state index < -0.39 is 32.1 Å². The van der Waals surface area contributed by atoms with E-state index in [9.17, 15) is 9.59 Å². The number of hydrogen-bond acceptors (Lipinski definition) is 5. The summed E-state index contributed by atoms with van der Waals surface area (Å²) in [6.45, 7) is 10.8. The third-order valence-electron chi connectivity index (χ3n) is 5.24. The van der Waals surface area contributed by atoms with Gasteiger partial charge in [-0.25, -0.2) is 0 Å². The molecule has 1 aromatic carbocycles. The van der Waals surface area contributed by atoms with E-state index in [1.807, 2.05) is 30.3 Å². The van der Waals surface area contributed by atoms with Crippen LogP contribution in [0.1, 0.15) is 26.3 Å². The number of carbonyl (C=O) groups excluding carboxylic acids is 2. The first kappa shape index (κ1) is 20.4. The standard InChI is InChI=1S/C20H28O5Si/c1-20(2,3)26(5,6)24-13-16-15(18(21)23-4)12-17(25-19(16)22)14-10-8-7-9-11-14/h7-12,15-16H,13H2,1-6H3/t15-,16-/m0/s1. The summed E-state index contributed by atoms with van der Waals surface area (Å²) in [5.41, 5.74) is 0.749. The van der Waals surface area contributed by atoms with E-state index in [1.165, 1.54) is 7.11 Å². The first-order valence-corrected chi connectivity index (χ1v) is 11.7. The molecule has 2 atom stereocenters. The molecule has 0 radical (unpaired) electrons. The molecular weight excluding hydrogens is 348 g/mol. The number of rotatable bonds is 5. The van der Waals surface area contributed by atoms with Gasteiger partial charge in [0.2, 0.25) is 0 Å². The number of benzene rings is 1. The van der Waals surface area contributed by atoms with Gasteiger partial charge in [0.05, 0.1) is 18.9 Å². The van der Waals surface area contributed by atoms with Crippen molar-refractivity contribution < 1.29 is 23.5 Å². The lowest BCUT2D eigenvalue weighted by atomic mass is 9.89. The quantitative estimate of drug-likeness (QED) is 0.574. The van der Waals surface area contributed by atoms with Gasteiger partial charge in [-0.3, -0.25) is 9.59 Å². The molecule has 142 valence electrons. The summed E-state index contributed by atoms with van der Waals surface area (Å²) in [6, 6.07) is 9.25. The number of ether oxygens (including phenoxy) is 2. The number of carbonyl (C=O) groups is 2. The van der Waals surface area contributed by atoms with Crippen molar-refractivity contribution in [3.05, 3.63) is 42.0 Å². The summed E-state index contributed by atoms with van der Waals surface area (Å²) in [5, 5.41) is 0.0113. The van der Waals surface area contributed by atoms with E-state index >= 15 is 0 Å². The van der Waals surface area contributed by atoms with Crippen LogP contribution in [0, 0.1) is 11.8 Å². The van der Waals surface area contributed by atoms with Gasteiger partial charge < -0.3 is 13.9 Å². The molecule has 0 amide bonds. The summed E-state index contributed by atoms with van der Waals surface area (Å²) in [6.07, 6.45) is 1.67. The Balaban J connectivity index is 2.27. The van der Waals surface area contributed by atoms with Crippen LogP contribution < -0.4 is 0 Å². The first-order chi connectivity index (χ1) is 12.1. The summed E-state index contributed by atoms with van der Waals surface area (Å²) in [7, 11) is -0.731. The molecule has 5 nitrogen and oxygen atoms in total. The molecule has 0 saturated carbocycles. The fourth-order valence-electron chi connectivity index (χ4n) is 2.46. The Morgan fingerprint density at radius 2 is 1.81 bits per heavy atom. The Morgan fingerprint density at radius 3 is 2.35 bits per heavy atom. The second-order valence-electron chi connectivity index (χ2n) is 8.04. The topological polar surface area (TPSA) is 61.8 Å². The van der Waals surface area contributed by atoms with Gasteiger partial charge in [0.25, 0.3) is 0 Å². The summed E-state index contributed by atoms with van der Waals surface area (Å²) >= 11 is 0. The zero-order chi connectivity index (χ0) is 19.5. The Kier molecular flexibility index (Phi) is 6.08. The van der Waals surface area contributed by atoms with Gasteiger partial charge in [-0.2, -0.15) is 0 Å². The molecule has 0 aromatic heterocycles. The highest BCUT2D eigenvalue weighted by Crippen LogP contribution is 2.38. The van der Waals surface area contributed by atoms with Crippen molar-refractivity contribution in [1.82, 2.24) is 0 Å². The van der Waals surface area contributed by atoms with Crippen LogP contribution in [0.3, 0.4) is 0 Å². The van der Waals surface area contributed by atoms with E-state index in [0.29, 0.717) is 5.76 Å². The van der Waals surface area contributed by atoms with Crippen LogP contribution in [0.4, 0.5) is 0 Å². The molecule has 1 aliphatic heterocycles. The summed E-state index contributed by atoms with van der Waals surface area (Å²) in [4.78, 5) is 24.9. The molecule has 0 fully saturated rings. The highest BCUT2D eigenvalue weighted by atomic mass is 28.4. The van der Waals surface area contributed by atoms with E-state index in [2.05, 4.69) is 33.9 Å². The molecule has 6 heteroatoms. The van der Waals surface area contributed by atoms with Crippen LogP contribution in [0.15, 0.2) is 36.4 Å². The molecule has 0 aliphatic carbocycles. The molecule has 0 N–H and O–H groups in total. The monoisotopic (exact) mass is 376 g/mol. The Labute approximate surface area is 156 Å². The second-order valence-corrected chi connectivity index (χ2v) is 12.9. The average Bonchev–Trinajstić information content (AvgIpc) is 2.59. The minimum atomic E-state index is -2.05. The van der Waals surface area contributed by atoms with Crippen LogP contribution in [-0.4, -0.2) is 34.0 Å². The molecule has 1 heterocycles. The number of cyclic esters (lactones) is 1. The lowest BCUT2D eigenvalue weighted by Gasteiger charge is -2.38. The predicted molar refractivity (Wildman–Crippen MR) is 103 cm³/mol. The van der Waals surface area contributed by atoms with Crippen molar-refractivity contribution in [2.75, 3.05) is 13.7 Å². The Bertz CT molecular complexity index is 688. The van der Waals surface area contributed by atoms with Gasteiger partial charge in [0, 0.05) is 12.2 Å². The molecule has 1 aliphatic rings. The van der Waals surface area contributed by atoms with Crippen molar-refractivity contribution in [2.24, 2.45) is 11.8 Å². The third kappa shape index (κ3) is 4.43. The minimum absolute atomic E-state index is 0.0113. The van der Waals surface area contributed by atoms with Crippen molar-refractivity contribution in [3.8, 4) is 0 Å². The lowest BCUT2D eigenvalue weighted by molar-refractivity contribution is -0.156. The third-order valence-corrected chi connectivity index (χ3v) is 9.74. The van der Waals surface area contributed by atoms with E-state index in [1.54, 1.807) is 6.08 Å². The summed E-state index contributed by atoms with van der Waals surface area (Å²) < 4.78 is 16.6. The number of hydrogen-bond donors (Lipinski definition) is 0. The van der Waals surface area contributed by atoms with Crippen LogP contribution in [0.2, 0.25) is 18.1 Å². The average molecular weight is 377 g/mol. The normalized spacial score (nSPS) is 21.0. The van der Waals surface area contributed by atoms with Crippen molar-refractivity contribution >= 4 is 26.0 Å². The van der Waals surface area contributed by atoms with Gasteiger partial charge in [0.1, 0.15) is 5.76 Å². The zero-order valence-corrected chi connectivity index (χ0v) is 17.4. The highest BCUT2D eigenvalue weighted by molar-refractivity contribution is 6.74.